The lowest BCUT2D eigenvalue weighted by Gasteiger charge is -2.12. The highest BCUT2D eigenvalue weighted by molar-refractivity contribution is 7.13. The molecule has 7 nitrogen and oxygen atoms in total. The molecule has 0 saturated heterocycles. The van der Waals surface area contributed by atoms with Crippen molar-refractivity contribution in [3.63, 3.8) is 0 Å². The van der Waals surface area contributed by atoms with Gasteiger partial charge >= 0.3 is 0 Å². The first kappa shape index (κ1) is 18.9. The van der Waals surface area contributed by atoms with Crippen molar-refractivity contribution in [1.82, 2.24) is 4.98 Å². The molecule has 0 saturated carbocycles. The van der Waals surface area contributed by atoms with Crippen LogP contribution in [0.2, 0.25) is 0 Å². The Morgan fingerprint density at radius 3 is 2.59 bits per heavy atom. The van der Waals surface area contributed by atoms with Crippen molar-refractivity contribution in [1.29, 1.82) is 0 Å². The van der Waals surface area contributed by atoms with Crippen molar-refractivity contribution in [3.05, 3.63) is 70.2 Å². The first-order valence-corrected chi connectivity index (χ1v) is 10.2. The molecule has 2 N–H and O–H groups in total. The van der Waals surface area contributed by atoms with Gasteiger partial charge in [-0.15, -0.1) is 22.7 Å². The average Bonchev–Trinajstić information content (AvgIpc) is 3.50. The van der Waals surface area contributed by atoms with Crippen LogP contribution in [0.5, 0.6) is 5.75 Å². The zero-order valence-corrected chi connectivity index (χ0v) is 16.8. The van der Waals surface area contributed by atoms with E-state index in [1.54, 1.807) is 30.3 Å². The number of hydrogen-bond acceptors (Lipinski definition) is 7. The van der Waals surface area contributed by atoms with Crippen LogP contribution in [0.4, 0.5) is 11.4 Å². The molecule has 146 valence electrons. The van der Waals surface area contributed by atoms with E-state index in [1.165, 1.54) is 36.2 Å². The van der Waals surface area contributed by atoms with Crippen molar-refractivity contribution < 1.29 is 18.7 Å². The first-order chi connectivity index (χ1) is 14.2. The molecule has 0 aliphatic carbocycles. The normalized spacial score (nSPS) is 10.5. The number of oxazole rings is 1. The van der Waals surface area contributed by atoms with Gasteiger partial charge in [-0.05, 0) is 41.1 Å². The molecule has 1 aromatic carbocycles. The maximum absolute atomic E-state index is 12.7. The lowest BCUT2D eigenvalue weighted by atomic mass is 10.2. The fourth-order valence-corrected chi connectivity index (χ4v) is 3.99. The second kappa shape index (κ2) is 8.29. The summed E-state index contributed by atoms with van der Waals surface area (Å²) in [7, 11) is 1.51. The van der Waals surface area contributed by atoms with Gasteiger partial charge in [0, 0.05) is 5.69 Å². The molecular weight excluding hydrogens is 410 g/mol. The van der Waals surface area contributed by atoms with E-state index in [1.807, 2.05) is 22.9 Å². The minimum Gasteiger partial charge on any atom is -0.495 e. The summed E-state index contributed by atoms with van der Waals surface area (Å²) in [5.41, 5.74) is 1.12. The lowest BCUT2D eigenvalue weighted by molar-refractivity contribution is 0.101. The molecule has 4 aromatic rings. The summed E-state index contributed by atoms with van der Waals surface area (Å²) >= 11 is 2.79. The van der Waals surface area contributed by atoms with Crippen LogP contribution in [0, 0.1) is 0 Å². The molecule has 0 fully saturated rings. The third kappa shape index (κ3) is 4.05. The number of thiophene rings is 2. The summed E-state index contributed by atoms with van der Waals surface area (Å²) < 4.78 is 10.7. The zero-order chi connectivity index (χ0) is 20.2. The quantitative estimate of drug-likeness (QED) is 0.455. The van der Waals surface area contributed by atoms with Crippen LogP contribution in [0.3, 0.4) is 0 Å². The number of nitrogens with zero attached hydrogens (tertiary/aromatic N) is 1. The van der Waals surface area contributed by atoms with Crippen LogP contribution in [0.1, 0.15) is 20.2 Å². The van der Waals surface area contributed by atoms with E-state index in [9.17, 15) is 9.59 Å². The second-order valence-electron chi connectivity index (χ2n) is 5.81. The van der Waals surface area contributed by atoms with Gasteiger partial charge < -0.3 is 19.8 Å². The van der Waals surface area contributed by atoms with Crippen molar-refractivity contribution in [2.24, 2.45) is 0 Å². The number of hydrogen-bond donors (Lipinski definition) is 2. The molecule has 0 spiro atoms. The Bertz CT molecular complexity index is 1130. The Hall–Kier alpha value is -3.43. The van der Waals surface area contributed by atoms with Crippen LogP contribution in [0.15, 0.2) is 64.0 Å². The molecule has 3 heterocycles. The fourth-order valence-electron chi connectivity index (χ4n) is 2.66. The molecule has 0 atom stereocenters. The van der Waals surface area contributed by atoms with Gasteiger partial charge in [-0.3, -0.25) is 9.59 Å². The molecule has 0 bridgehead atoms. The molecular formula is C20H15N3O4S2. The number of anilines is 2. The van der Waals surface area contributed by atoms with E-state index < -0.39 is 5.91 Å². The fraction of sp³-hybridized carbons (Fsp3) is 0.0500. The van der Waals surface area contributed by atoms with Crippen LogP contribution in [-0.4, -0.2) is 23.9 Å². The molecule has 9 heteroatoms. The van der Waals surface area contributed by atoms with Gasteiger partial charge in [-0.1, -0.05) is 12.1 Å². The van der Waals surface area contributed by atoms with Crippen LogP contribution in [-0.2, 0) is 0 Å². The Morgan fingerprint density at radius 2 is 1.86 bits per heavy atom. The number of rotatable bonds is 6. The minimum absolute atomic E-state index is 0.187. The van der Waals surface area contributed by atoms with Crippen molar-refractivity contribution in [3.8, 4) is 16.4 Å². The maximum atomic E-state index is 12.7. The third-order valence-corrected chi connectivity index (χ3v) is 5.72. The van der Waals surface area contributed by atoms with E-state index in [-0.39, 0.29) is 11.6 Å². The average molecular weight is 425 g/mol. The Labute approximate surface area is 174 Å². The predicted molar refractivity (Wildman–Crippen MR) is 113 cm³/mol. The number of amides is 2. The minimum atomic E-state index is -0.414. The molecule has 2 amide bonds. The smallest absolute Gasteiger partial charge is 0.278 e. The molecule has 0 radical (unpaired) electrons. The number of ether oxygens (including phenoxy) is 1. The van der Waals surface area contributed by atoms with E-state index in [0.29, 0.717) is 27.8 Å². The van der Waals surface area contributed by atoms with Crippen LogP contribution >= 0.6 is 22.7 Å². The Balaban J connectivity index is 1.56. The Kier molecular flexibility index (Phi) is 5.41. The summed E-state index contributed by atoms with van der Waals surface area (Å²) in [5, 5.41) is 9.31. The summed E-state index contributed by atoms with van der Waals surface area (Å²) in [5.74, 6) is 0.229. The highest BCUT2D eigenvalue weighted by Gasteiger charge is 2.20. The van der Waals surface area contributed by atoms with Crippen LogP contribution < -0.4 is 15.4 Å². The standard InChI is InChI=1S/C20H15N3O4S2/c1-26-14-7-6-12(10-13(14)23-19(24)16-5-3-9-29-16)22-20(25)17-18(27-11-21-17)15-4-2-8-28-15/h2-11H,1H3,(H,22,25)(H,23,24). The van der Waals surface area contributed by atoms with Gasteiger partial charge in [0.1, 0.15) is 5.75 Å². The summed E-state index contributed by atoms with van der Waals surface area (Å²) in [4.78, 5) is 30.5. The zero-order valence-electron chi connectivity index (χ0n) is 15.2. The summed E-state index contributed by atoms with van der Waals surface area (Å²) in [6.07, 6.45) is 1.24. The number of carbonyl (C=O) groups is 2. The second-order valence-corrected chi connectivity index (χ2v) is 7.70. The van der Waals surface area contributed by atoms with Gasteiger partial charge in [0.2, 0.25) is 0 Å². The highest BCUT2D eigenvalue weighted by Crippen LogP contribution is 2.31. The van der Waals surface area contributed by atoms with E-state index in [0.717, 1.165) is 4.88 Å². The molecule has 29 heavy (non-hydrogen) atoms. The van der Waals surface area contributed by atoms with Crippen molar-refractivity contribution in [2.75, 3.05) is 17.7 Å². The number of methoxy groups -OCH3 is 1. The number of nitrogens with one attached hydrogen (secondary N) is 2. The van der Waals surface area contributed by atoms with Crippen molar-refractivity contribution >= 4 is 45.9 Å². The van der Waals surface area contributed by atoms with E-state index in [2.05, 4.69) is 15.6 Å². The summed E-state index contributed by atoms with van der Waals surface area (Å²) in [6.45, 7) is 0. The first-order valence-electron chi connectivity index (χ1n) is 8.47. The number of aromatic nitrogens is 1. The largest absolute Gasteiger partial charge is 0.495 e. The number of carbonyl (C=O) groups excluding carboxylic acids is 2. The maximum Gasteiger partial charge on any atom is 0.278 e. The van der Waals surface area contributed by atoms with Gasteiger partial charge in [-0.25, -0.2) is 4.98 Å². The van der Waals surface area contributed by atoms with E-state index >= 15 is 0 Å². The molecule has 4 rings (SSSR count). The number of benzene rings is 1. The van der Waals surface area contributed by atoms with Gasteiger partial charge in [-0.2, -0.15) is 0 Å². The molecule has 0 aliphatic rings. The monoisotopic (exact) mass is 425 g/mol. The SMILES string of the molecule is COc1ccc(NC(=O)c2ncoc2-c2cccs2)cc1NC(=O)c1cccs1. The topological polar surface area (TPSA) is 93.5 Å². The van der Waals surface area contributed by atoms with Gasteiger partial charge in [0.15, 0.2) is 17.8 Å². The Morgan fingerprint density at radius 1 is 1.03 bits per heavy atom. The van der Waals surface area contributed by atoms with Crippen LogP contribution in [0.25, 0.3) is 10.6 Å². The molecule has 0 aliphatic heterocycles. The van der Waals surface area contributed by atoms with Crippen molar-refractivity contribution in [2.45, 2.75) is 0 Å². The predicted octanol–water partition coefficient (Wildman–Crippen LogP) is 4.98. The van der Waals surface area contributed by atoms with Gasteiger partial charge in [0.25, 0.3) is 11.8 Å². The lowest BCUT2D eigenvalue weighted by Crippen LogP contribution is -2.15. The molecule has 3 aromatic heterocycles. The van der Waals surface area contributed by atoms with E-state index in [4.69, 9.17) is 9.15 Å². The summed E-state index contributed by atoms with van der Waals surface area (Å²) in [6, 6.07) is 12.2. The molecule has 0 unspecified atom stereocenters. The third-order valence-electron chi connectivity index (χ3n) is 3.98. The van der Waals surface area contributed by atoms with Gasteiger partial charge in [0.05, 0.1) is 22.6 Å². The highest BCUT2D eigenvalue weighted by atomic mass is 32.1.